The first-order chi connectivity index (χ1) is 7.63. The molecular weight excluding hydrogens is 206 g/mol. The van der Waals surface area contributed by atoms with Crippen molar-refractivity contribution < 1.29 is 14.3 Å². The lowest BCUT2D eigenvalue weighted by Crippen LogP contribution is -2.40. The van der Waals surface area contributed by atoms with Crippen LogP contribution >= 0.6 is 0 Å². The van der Waals surface area contributed by atoms with Gasteiger partial charge in [-0.1, -0.05) is 20.8 Å². The number of ether oxygens (including phenoxy) is 2. The minimum absolute atomic E-state index is 0.0263. The van der Waals surface area contributed by atoms with Crippen molar-refractivity contribution in [1.82, 2.24) is 5.32 Å². The topological polar surface area (TPSA) is 47.6 Å². The second-order valence-corrected chi connectivity index (χ2v) is 4.62. The van der Waals surface area contributed by atoms with Gasteiger partial charge in [0.25, 0.3) is 0 Å². The minimum Gasteiger partial charge on any atom is -0.446 e. The van der Waals surface area contributed by atoms with E-state index in [0.717, 1.165) is 19.3 Å². The van der Waals surface area contributed by atoms with E-state index in [4.69, 9.17) is 9.47 Å². The summed E-state index contributed by atoms with van der Waals surface area (Å²) in [6.07, 6.45) is 2.30. The van der Waals surface area contributed by atoms with Crippen molar-refractivity contribution in [2.45, 2.75) is 52.2 Å². The fourth-order valence-electron chi connectivity index (χ4n) is 1.87. The van der Waals surface area contributed by atoms with Crippen molar-refractivity contribution in [2.75, 3.05) is 13.2 Å². The first-order valence-corrected chi connectivity index (χ1v) is 6.18. The van der Waals surface area contributed by atoms with Gasteiger partial charge >= 0.3 is 6.09 Å². The van der Waals surface area contributed by atoms with Crippen LogP contribution in [0.2, 0.25) is 0 Å². The first kappa shape index (κ1) is 13.3. The van der Waals surface area contributed by atoms with Crippen molar-refractivity contribution in [3.05, 3.63) is 0 Å². The largest absolute Gasteiger partial charge is 0.446 e. The van der Waals surface area contributed by atoms with Gasteiger partial charge in [-0.05, 0) is 12.3 Å². The van der Waals surface area contributed by atoms with E-state index >= 15 is 0 Å². The predicted molar refractivity (Wildman–Crippen MR) is 62.4 cm³/mol. The van der Waals surface area contributed by atoms with Crippen LogP contribution in [0.3, 0.4) is 0 Å². The van der Waals surface area contributed by atoms with E-state index in [0.29, 0.717) is 19.1 Å². The molecule has 1 rings (SSSR count). The number of rotatable bonds is 4. The van der Waals surface area contributed by atoms with Crippen molar-refractivity contribution >= 4 is 6.09 Å². The summed E-state index contributed by atoms with van der Waals surface area (Å²) in [6, 6.07) is 0.201. The molecule has 4 heteroatoms. The third-order valence-corrected chi connectivity index (χ3v) is 2.99. The van der Waals surface area contributed by atoms with E-state index in [1.54, 1.807) is 0 Å². The van der Waals surface area contributed by atoms with Crippen LogP contribution in [0.5, 0.6) is 0 Å². The second-order valence-electron chi connectivity index (χ2n) is 4.62. The average molecular weight is 229 g/mol. The Hall–Kier alpha value is -0.770. The van der Waals surface area contributed by atoms with Crippen LogP contribution in [-0.4, -0.2) is 31.5 Å². The lowest BCUT2D eigenvalue weighted by molar-refractivity contribution is 0.000304. The Kier molecular flexibility index (Phi) is 5.60. The van der Waals surface area contributed by atoms with Gasteiger partial charge in [0, 0.05) is 18.9 Å². The molecule has 0 aromatic rings. The number of hydrogen-bond donors (Lipinski definition) is 1. The normalized spacial score (nSPS) is 19.5. The molecular formula is C12H23NO3. The maximum atomic E-state index is 11.6. The van der Waals surface area contributed by atoms with Crippen LogP contribution < -0.4 is 5.32 Å². The standard InChI is InChI=1S/C12H23NO3/c1-4-11(9(2)3)13-12(14)16-10-5-7-15-8-6-10/h9-11H,4-8H2,1-3H3,(H,13,14)/t11-/m1/s1. The van der Waals surface area contributed by atoms with Gasteiger partial charge in [-0.25, -0.2) is 4.79 Å². The van der Waals surface area contributed by atoms with Crippen molar-refractivity contribution in [3.8, 4) is 0 Å². The molecule has 0 aromatic carbocycles. The molecule has 1 aliphatic heterocycles. The van der Waals surface area contributed by atoms with Gasteiger partial charge in [0.1, 0.15) is 6.10 Å². The molecule has 1 amide bonds. The Balaban J connectivity index is 2.28. The van der Waals surface area contributed by atoms with Gasteiger partial charge in [0.15, 0.2) is 0 Å². The molecule has 1 saturated heterocycles. The van der Waals surface area contributed by atoms with Crippen LogP contribution in [0.1, 0.15) is 40.0 Å². The molecule has 1 fully saturated rings. The molecule has 94 valence electrons. The Bertz CT molecular complexity index is 212. The monoisotopic (exact) mass is 229 g/mol. The van der Waals surface area contributed by atoms with Crippen LogP contribution in [-0.2, 0) is 9.47 Å². The van der Waals surface area contributed by atoms with E-state index in [9.17, 15) is 4.79 Å². The van der Waals surface area contributed by atoms with Gasteiger partial charge in [0.05, 0.1) is 13.2 Å². The Morgan fingerprint density at radius 2 is 2.06 bits per heavy atom. The maximum absolute atomic E-state index is 11.6. The van der Waals surface area contributed by atoms with Gasteiger partial charge < -0.3 is 14.8 Å². The molecule has 0 unspecified atom stereocenters. The van der Waals surface area contributed by atoms with E-state index in [-0.39, 0.29) is 18.2 Å². The van der Waals surface area contributed by atoms with Crippen molar-refractivity contribution in [1.29, 1.82) is 0 Å². The lowest BCUT2D eigenvalue weighted by atomic mass is 10.0. The molecule has 0 aromatic heterocycles. The summed E-state index contributed by atoms with van der Waals surface area (Å²) in [7, 11) is 0. The Morgan fingerprint density at radius 1 is 1.44 bits per heavy atom. The van der Waals surface area contributed by atoms with Crippen molar-refractivity contribution in [2.24, 2.45) is 5.92 Å². The Labute approximate surface area is 97.7 Å². The summed E-state index contributed by atoms with van der Waals surface area (Å²) in [4.78, 5) is 11.6. The number of amides is 1. The van der Waals surface area contributed by atoms with Crippen LogP contribution in [0.4, 0.5) is 4.79 Å². The average Bonchev–Trinajstić information content (AvgIpc) is 2.27. The molecule has 0 bridgehead atoms. The quantitative estimate of drug-likeness (QED) is 0.804. The molecule has 4 nitrogen and oxygen atoms in total. The van der Waals surface area contributed by atoms with Crippen LogP contribution in [0.15, 0.2) is 0 Å². The number of carbonyl (C=O) groups is 1. The second kappa shape index (κ2) is 6.74. The molecule has 1 atom stereocenters. The fourth-order valence-corrected chi connectivity index (χ4v) is 1.87. The minimum atomic E-state index is -0.285. The van der Waals surface area contributed by atoms with Gasteiger partial charge in [0.2, 0.25) is 0 Å². The summed E-state index contributed by atoms with van der Waals surface area (Å²) in [5.74, 6) is 0.437. The van der Waals surface area contributed by atoms with Gasteiger partial charge in [-0.2, -0.15) is 0 Å². The molecule has 1 heterocycles. The molecule has 1 aliphatic rings. The summed E-state index contributed by atoms with van der Waals surface area (Å²) >= 11 is 0. The third-order valence-electron chi connectivity index (χ3n) is 2.99. The molecule has 0 aliphatic carbocycles. The van der Waals surface area contributed by atoms with E-state index < -0.39 is 0 Å². The third kappa shape index (κ3) is 4.39. The molecule has 0 saturated carbocycles. The SMILES string of the molecule is CC[C@@H](NC(=O)OC1CCOCC1)C(C)C. The maximum Gasteiger partial charge on any atom is 0.407 e. The smallest absolute Gasteiger partial charge is 0.407 e. The number of nitrogens with one attached hydrogen (secondary N) is 1. The van der Waals surface area contributed by atoms with Crippen LogP contribution in [0, 0.1) is 5.92 Å². The zero-order valence-corrected chi connectivity index (χ0v) is 10.5. The van der Waals surface area contributed by atoms with Crippen molar-refractivity contribution in [3.63, 3.8) is 0 Å². The summed E-state index contributed by atoms with van der Waals surface area (Å²) in [5.41, 5.74) is 0. The highest BCUT2D eigenvalue weighted by Gasteiger charge is 2.20. The van der Waals surface area contributed by atoms with Gasteiger partial charge in [-0.3, -0.25) is 0 Å². The predicted octanol–water partition coefficient (Wildman–Crippen LogP) is 2.33. The highest BCUT2D eigenvalue weighted by atomic mass is 16.6. The van der Waals surface area contributed by atoms with E-state index in [1.165, 1.54) is 0 Å². The number of alkyl carbamates (subject to hydrolysis) is 1. The Morgan fingerprint density at radius 3 is 2.56 bits per heavy atom. The zero-order valence-electron chi connectivity index (χ0n) is 10.5. The molecule has 0 radical (unpaired) electrons. The molecule has 16 heavy (non-hydrogen) atoms. The number of hydrogen-bond acceptors (Lipinski definition) is 3. The summed E-state index contributed by atoms with van der Waals surface area (Å²) in [5, 5.41) is 2.91. The fraction of sp³-hybridized carbons (Fsp3) is 0.917. The zero-order chi connectivity index (χ0) is 12.0. The number of carbonyl (C=O) groups excluding carboxylic acids is 1. The summed E-state index contributed by atoms with van der Waals surface area (Å²) in [6.45, 7) is 7.66. The summed E-state index contributed by atoms with van der Waals surface area (Å²) < 4.78 is 10.6. The highest BCUT2D eigenvalue weighted by molar-refractivity contribution is 5.67. The van der Waals surface area contributed by atoms with Gasteiger partial charge in [-0.15, -0.1) is 0 Å². The van der Waals surface area contributed by atoms with E-state index in [2.05, 4.69) is 26.1 Å². The van der Waals surface area contributed by atoms with E-state index in [1.807, 2.05) is 0 Å². The molecule has 1 N–H and O–H groups in total. The van der Waals surface area contributed by atoms with Crippen LogP contribution in [0.25, 0.3) is 0 Å². The highest BCUT2D eigenvalue weighted by Crippen LogP contribution is 2.12. The lowest BCUT2D eigenvalue weighted by Gasteiger charge is -2.25. The molecule has 0 spiro atoms. The first-order valence-electron chi connectivity index (χ1n) is 6.18.